The number of nitrogens with zero attached hydrogens (tertiary/aromatic N) is 3. The van der Waals surface area contributed by atoms with Crippen molar-refractivity contribution in [2.75, 3.05) is 41.9 Å². The molecular formula is C26H28FN3O3S. The number of aryl methyl sites for hydroxylation is 2. The summed E-state index contributed by atoms with van der Waals surface area (Å²) in [6.07, 6.45) is 0. The lowest BCUT2D eigenvalue weighted by Gasteiger charge is -2.37. The fourth-order valence-electron chi connectivity index (χ4n) is 4.11. The molecule has 4 rings (SSSR count). The Labute approximate surface area is 200 Å². The Hall–Kier alpha value is -3.39. The summed E-state index contributed by atoms with van der Waals surface area (Å²) >= 11 is 0. The number of carbonyl (C=O) groups excluding carboxylic acids is 1. The number of sulfonamides is 1. The van der Waals surface area contributed by atoms with Crippen LogP contribution in [-0.2, 0) is 14.8 Å². The molecule has 3 aromatic carbocycles. The van der Waals surface area contributed by atoms with E-state index in [1.165, 1.54) is 10.4 Å². The molecule has 1 fully saturated rings. The molecule has 0 saturated carbocycles. The molecule has 1 aliphatic heterocycles. The fourth-order valence-corrected chi connectivity index (χ4v) is 5.59. The molecule has 0 aliphatic carbocycles. The van der Waals surface area contributed by atoms with Crippen LogP contribution in [0.1, 0.15) is 11.1 Å². The largest absolute Gasteiger partial charge is 0.366 e. The molecule has 1 saturated heterocycles. The van der Waals surface area contributed by atoms with Gasteiger partial charge in [-0.2, -0.15) is 0 Å². The van der Waals surface area contributed by atoms with E-state index in [0.717, 1.165) is 11.1 Å². The lowest BCUT2D eigenvalue weighted by atomic mass is 10.2. The van der Waals surface area contributed by atoms with E-state index in [-0.39, 0.29) is 23.2 Å². The van der Waals surface area contributed by atoms with E-state index in [2.05, 4.69) is 0 Å². The lowest BCUT2D eigenvalue weighted by Crippen LogP contribution is -2.52. The molecule has 6 nitrogen and oxygen atoms in total. The van der Waals surface area contributed by atoms with Crippen molar-refractivity contribution in [3.05, 3.63) is 89.7 Å². The first kappa shape index (κ1) is 23.8. The Balaban J connectivity index is 1.55. The third-order valence-electron chi connectivity index (χ3n) is 6.10. The van der Waals surface area contributed by atoms with Crippen molar-refractivity contribution in [1.29, 1.82) is 0 Å². The molecule has 178 valence electrons. The van der Waals surface area contributed by atoms with Crippen LogP contribution in [0.5, 0.6) is 0 Å². The Morgan fingerprint density at radius 1 is 0.882 bits per heavy atom. The number of benzene rings is 3. The van der Waals surface area contributed by atoms with Crippen LogP contribution < -0.4 is 9.21 Å². The number of hydrogen-bond acceptors (Lipinski definition) is 4. The zero-order valence-electron chi connectivity index (χ0n) is 19.3. The highest BCUT2D eigenvalue weighted by molar-refractivity contribution is 7.92. The van der Waals surface area contributed by atoms with E-state index in [9.17, 15) is 17.6 Å². The van der Waals surface area contributed by atoms with Crippen molar-refractivity contribution in [3.8, 4) is 0 Å². The molecule has 0 atom stereocenters. The van der Waals surface area contributed by atoms with Crippen LogP contribution in [0.2, 0.25) is 0 Å². The summed E-state index contributed by atoms with van der Waals surface area (Å²) in [4.78, 5) is 17.0. The van der Waals surface area contributed by atoms with Crippen molar-refractivity contribution in [2.24, 2.45) is 0 Å². The summed E-state index contributed by atoms with van der Waals surface area (Å²) in [5, 5.41) is 0. The maximum Gasteiger partial charge on any atom is 0.264 e. The first-order valence-corrected chi connectivity index (χ1v) is 12.6. The normalized spacial score (nSPS) is 14.2. The Bertz CT molecular complexity index is 1270. The summed E-state index contributed by atoms with van der Waals surface area (Å²) in [6.45, 7) is 5.13. The summed E-state index contributed by atoms with van der Waals surface area (Å²) < 4.78 is 42.5. The van der Waals surface area contributed by atoms with Gasteiger partial charge in [0.1, 0.15) is 12.4 Å². The minimum Gasteiger partial charge on any atom is -0.366 e. The molecule has 0 radical (unpaired) electrons. The predicted octanol–water partition coefficient (Wildman–Crippen LogP) is 3.99. The molecule has 1 aliphatic rings. The first-order chi connectivity index (χ1) is 16.3. The number of halogens is 1. The zero-order valence-corrected chi connectivity index (χ0v) is 20.1. The van der Waals surface area contributed by atoms with Crippen LogP contribution in [0.25, 0.3) is 0 Å². The second-order valence-electron chi connectivity index (χ2n) is 8.43. The van der Waals surface area contributed by atoms with E-state index in [4.69, 9.17) is 0 Å². The second kappa shape index (κ2) is 9.85. The SMILES string of the molecule is Cc1ccc(S(=O)(=O)N(CC(=O)N2CCN(c3ccccc3F)CC2)c2ccccc2C)cc1. The predicted molar refractivity (Wildman–Crippen MR) is 132 cm³/mol. The van der Waals surface area contributed by atoms with Crippen LogP contribution >= 0.6 is 0 Å². The molecule has 1 amide bonds. The van der Waals surface area contributed by atoms with Gasteiger partial charge in [-0.1, -0.05) is 48.0 Å². The summed E-state index contributed by atoms with van der Waals surface area (Å²) in [6, 6.07) is 20.3. The van der Waals surface area contributed by atoms with E-state index in [1.807, 2.05) is 30.9 Å². The topological polar surface area (TPSA) is 60.9 Å². The molecule has 0 N–H and O–H groups in total. The Morgan fingerprint density at radius 3 is 2.15 bits per heavy atom. The molecular weight excluding hydrogens is 453 g/mol. The molecule has 34 heavy (non-hydrogen) atoms. The van der Waals surface area contributed by atoms with E-state index in [1.54, 1.807) is 59.5 Å². The third kappa shape index (κ3) is 4.92. The molecule has 0 spiro atoms. The van der Waals surface area contributed by atoms with Crippen molar-refractivity contribution in [3.63, 3.8) is 0 Å². The van der Waals surface area contributed by atoms with Crippen LogP contribution in [-0.4, -0.2) is 51.9 Å². The molecule has 0 bridgehead atoms. The van der Waals surface area contributed by atoms with Crippen LogP contribution in [0.4, 0.5) is 15.8 Å². The molecule has 3 aromatic rings. The third-order valence-corrected chi connectivity index (χ3v) is 7.87. The second-order valence-corrected chi connectivity index (χ2v) is 10.3. The van der Waals surface area contributed by atoms with Crippen molar-refractivity contribution < 1.29 is 17.6 Å². The molecule has 1 heterocycles. The standard InChI is InChI=1S/C26H28FN3O3S/c1-20-11-13-22(14-12-20)34(32,33)30(24-9-5-3-7-21(24)2)19-26(31)29-17-15-28(16-18-29)25-10-6-4-8-23(25)27/h3-14H,15-19H2,1-2H3. The van der Waals surface area contributed by atoms with E-state index in [0.29, 0.717) is 37.6 Å². The van der Waals surface area contributed by atoms with Crippen molar-refractivity contribution in [1.82, 2.24) is 4.90 Å². The van der Waals surface area contributed by atoms with Crippen LogP contribution in [0.3, 0.4) is 0 Å². The number of rotatable bonds is 6. The summed E-state index contributed by atoms with van der Waals surface area (Å²) in [7, 11) is -3.96. The number of hydrogen-bond donors (Lipinski definition) is 0. The highest BCUT2D eigenvalue weighted by atomic mass is 32.2. The Kier molecular flexibility index (Phi) is 6.88. The quantitative estimate of drug-likeness (QED) is 0.534. The zero-order chi connectivity index (χ0) is 24.3. The number of para-hydroxylation sites is 2. The maximum absolute atomic E-state index is 14.1. The van der Waals surface area contributed by atoms with Gasteiger partial charge in [-0.15, -0.1) is 0 Å². The van der Waals surface area contributed by atoms with Gasteiger partial charge < -0.3 is 9.80 Å². The highest BCUT2D eigenvalue weighted by Gasteiger charge is 2.31. The summed E-state index contributed by atoms with van der Waals surface area (Å²) in [5.41, 5.74) is 2.69. The summed E-state index contributed by atoms with van der Waals surface area (Å²) in [5.74, 6) is -0.579. The number of piperazine rings is 1. The van der Waals surface area contributed by atoms with Gasteiger partial charge in [-0.25, -0.2) is 12.8 Å². The van der Waals surface area contributed by atoms with Gasteiger partial charge in [0.2, 0.25) is 5.91 Å². The van der Waals surface area contributed by atoms with Gasteiger partial charge in [-0.05, 0) is 49.7 Å². The van der Waals surface area contributed by atoms with E-state index < -0.39 is 10.0 Å². The van der Waals surface area contributed by atoms with Gasteiger partial charge in [-0.3, -0.25) is 9.10 Å². The molecule has 0 aromatic heterocycles. The fraction of sp³-hybridized carbons (Fsp3) is 0.269. The van der Waals surface area contributed by atoms with Gasteiger partial charge in [0.25, 0.3) is 10.0 Å². The smallest absolute Gasteiger partial charge is 0.264 e. The van der Waals surface area contributed by atoms with Crippen molar-refractivity contribution in [2.45, 2.75) is 18.7 Å². The number of anilines is 2. The molecule has 8 heteroatoms. The van der Waals surface area contributed by atoms with Gasteiger partial charge >= 0.3 is 0 Å². The van der Waals surface area contributed by atoms with E-state index >= 15 is 0 Å². The van der Waals surface area contributed by atoms with Gasteiger partial charge in [0.05, 0.1) is 16.3 Å². The maximum atomic E-state index is 14.1. The average Bonchev–Trinajstić information content (AvgIpc) is 2.83. The highest BCUT2D eigenvalue weighted by Crippen LogP contribution is 2.27. The van der Waals surface area contributed by atoms with Gasteiger partial charge in [0.15, 0.2) is 0 Å². The monoisotopic (exact) mass is 481 g/mol. The number of amides is 1. The minimum atomic E-state index is -3.96. The lowest BCUT2D eigenvalue weighted by molar-refractivity contribution is -0.129. The van der Waals surface area contributed by atoms with Crippen LogP contribution in [0, 0.1) is 19.7 Å². The molecule has 0 unspecified atom stereocenters. The first-order valence-electron chi connectivity index (χ1n) is 11.2. The van der Waals surface area contributed by atoms with Crippen LogP contribution in [0.15, 0.2) is 77.7 Å². The number of carbonyl (C=O) groups is 1. The van der Waals surface area contributed by atoms with Gasteiger partial charge in [0, 0.05) is 26.2 Å². The van der Waals surface area contributed by atoms with Crippen molar-refractivity contribution >= 4 is 27.3 Å². The average molecular weight is 482 g/mol. The minimum absolute atomic E-state index is 0.138. The Morgan fingerprint density at radius 2 is 1.50 bits per heavy atom.